The van der Waals surface area contributed by atoms with E-state index in [0.717, 1.165) is 25.7 Å². The summed E-state index contributed by atoms with van der Waals surface area (Å²) in [6, 6.07) is 9.53. The van der Waals surface area contributed by atoms with Crippen LogP contribution in [0.15, 0.2) is 40.3 Å². The van der Waals surface area contributed by atoms with Crippen LogP contribution in [0.2, 0.25) is 5.02 Å². The van der Waals surface area contributed by atoms with Gasteiger partial charge in [0.05, 0.1) is 4.92 Å². The second-order valence-corrected chi connectivity index (χ2v) is 6.66. The Bertz CT molecular complexity index is 952. The summed E-state index contributed by atoms with van der Waals surface area (Å²) < 4.78 is 5.62. The molecule has 1 aliphatic rings. The van der Waals surface area contributed by atoms with Gasteiger partial charge in [-0.1, -0.05) is 24.4 Å². The monoisotopic (exact) mass is 385 g/mol. The first-order chi connectivity index (χ1) is 13.0. The van der Waals surface area contributed by atoms with Gasteiger partial charge in [0.1, 0.15) is 28.2 Å². The zero-order valence-electron chi connectivity index (χ0n) is 14.3. The molecular formula is C19H16ClN3O4. The van der Waals surface area contributed by atoms with Gasteiger partial charge in [0, 0.05) is 23.7 Å². The summed E-state index contributed by atoms with van der Waals surface area (Å²) in [4.78, 5) is 22.7. The number of nitrogens with zero attached hydrogens (tertiary/aromatic N) is 2. The van der Waals surface area contributed by atoms with Crippen LogP contribution in [0.5, 0.6) is 0 Å². The maximum Gasteiger partial charge on any atom is 0.288 e. The molecule has 27 heavy (non-hydrogen) atoms. The van der Waals surface area contributed by atoms with Gasteiger partial charge in [0.25, 0.3) is 11.6 Å². The maximum absolute atomic E-state index is 12.2. The summed E-state index contributed by atoms with van der Waals surface area (Å²) in [5, 5.41) is 23.2. The normalized spacial score (nSPS) is 14.7. The maximum atomic E-state index is 12.2. The Labute approximate surface area is 160 Å². The molecule has 1 amide bonds. The van der Waals surface area contributed by atoms with Crippen LogP contribution in [-0.4, -0.2) is 16.9 Å². The number of hydrogen-bond acceptors (Lipinski definition) is 5. The number of carbonyl (C=O) groups excluding carboxylic acids is 1. The predicted octanol–water partition coefficient (Wildman–Crippen LogP) is 4.47. The molecule has 1 N–H and O–H groups in total. The van der Waals surface area contributed by atoms with Crippen molar-refractivity contribution in [2.75, 3.05) is 0 Å². The lowest BCUT2D eigenvalue weighted by Gasteiger charge is -2.10. The van der Waals surface area contributed by atoms with Crippen LogP contribution in [0.25, 0.3) is 17.4 Å². The van der Waals surface area contributed by atoms with Gasteiger partial charge in [-0.15, -0.1) is 0 Å². The van der Waals surface area contributed by atoms with E-state index in [0.29, 0.717) is 17.1 Å². The summed E-state index contributed by atoms with van der Waals surface area (Å²) in [6.45, 7) is 0. The van der Waals surface area contributed by atoms with Gasteiger partial charge in [-0.3, -0.25) is 14.9 Å². The lowest BCUT2D eigenvalue weighted by atomic mass is 10.1. The zero-order valence-corrected chi connectivity index (χ0v) is 15.0. The van der Waals surface area contributed by atoms with Gasteiger partial charge in [-0.25, -0.2) is 0 Å². The number of furan rings is 1. The van der Waals surface area contributed by atoms with Gasteiger partial charge < -0.3 is 9.73 Å². The highest BCUT2D eigenvalue weighted by molar-refractivity contribution is 6.32. The number of amides is 1. The van der Waals surface area contributed by atoms with Crippen molar-refractivity contribution in [3.63, 3.8) is 0 Å². The van der Waals surface area contributed by atoms with Crippen LogP contribution in [0.3, 0.4) is 0 Å². The fraction of sp³-hybridized carbons (Fsp3) is 0.263. The molecule has 0 unspecified atom stereocenters. The molecule has 7 nitrogen and oxygen atoms in total. The van der Waals surface area contributed by atoms with Crippen LogP contribution in [0, 0.1) is 21.4 Å². The van der Waals surface area contributed by atoms with Crippen molar-refractivity contribution in [2.24, 2.45) is 0 Å². The molecule has 8 heteroatoms. The third kappa shape index (κ3) is 4.36. The van der Waals surface area contributed by atoms with E-state index in [1.54, 1.807) is 18.2 Å². The lowest BCUT2D eigenvalue weighted by molar-refractivity contribution is -0.384. The summed E-state index contributed by atoms with van der Waals surface area (Å²) in [7, 11) is 0. The fourth-order valence-electron chi connectivity index (χ4n) is 3.02. The topological polar surface area (TPSA) is 109 Å². The number of rotatable bonds is 5. The first-order valence-electron chi connectivity index (χ1n) is 8.44. The number of hydrogen-bond donors (Lipinski definition) is 1. The molecule has 0 spiro atoms. The zero-order chi connectivity index (χ0) is 19.4. The fourth-order valence-corrected chi connectivity index (χ4v) is 3.20. The van der Waals surface area contributed by atoms with E-state index in [-0.39, 0.29) is 22.3 Å². The molecule has 1 aromatic carbocycles. The molecule has 1 saturated carbocycles. The molecule has 0 aliphatic heterocycles. The van der Waals surface area contributed by atoms with Gasteiger partial charge in [-0.05, 0) is 37.1 Å². The van der Waals surface area contributed by atoms with E-state index < -0.39 is 10.8 Å². The third-order valence-electron chi connectivity index (χ3n) is 4.40. The minimum atomic E-state index is -0.573. The van der Waals surface area contributed by atoms with Crippen molar-refractivity contribution in [2.45, 2.75) is 31.7 Å². The number of nitro groups is 1. The van der Waals surface area contributed by atoms with Crippen molar-refractivity contribution in [1.29, 1.82) is 5.26 Å². The molecule has 2 aromatic rings. The van der Waals surface area contributed by atoms with Crippen LogP contribution in [0.4, 0.5) is 5.69 Å². The first kappa shape index (κ1) is 18.7. The number of halogens is 1. The highest BCUT2D eigenvalue weighted by Crippen LogP contribution is 2.31. The second kappa shape index (κ2) is 8.06. The average molecular weight is 386 g/mol. The molecule has 1 aliphatic carbocycles. The minimum absolute atomic E-state index is 0.0331. The van der Waals surface area contributed by atoms with Crippen molar-refractivity contribution < 1.29 is 14.1 Å². The Morgan fingerprint density at radius 3 is 2.74 bits per heavy atom. The summed E-state index contributed by atoms with van der Waals surface area (Å²) in [5.41, 5.74) is 0.195. The smallest absolute Gasteiger partial charge is 0.288 e. The highest BCUT2D eigenvalue weighted by Gasteiger charge is 2.20. The van der Waals surface area contributed by atoms with E-state index in [4.69, 9.17) is 16.0 Å². The van der Waals surface area contributed by atoms with Gasteiger partial charge >= 0.3 is 0 Å². The van der Waals surface area contributed by atoms with Crippen molar-refractivity contribution in [3.8, 4) is 17.4 Å². The molecule has 0 atom stereocenters. The first-order valence-corrected chi connectivity index (χ1v) is 8.82. The van der Waals surface area contributed by atoms with E-state index in [2.05, 4.69) is 5.32 Å². The van der Waals surface area contributed by atoms with Crippen LogP contribution >= 0.6 is 11.6 Å². The largest absolute Gasteiger partial charge is 0.457 e. The summed E-state index contributed by atoms with van der Waals surface area (Å²) in [5.74, 6) is 0.250. The van der Waals surface area contributed by atoms with E-state index in [1.165, 1.54) is 18.2 Å². The highest BCUT2D eigenvalue weighted by atomic mass is 35.5. The Morgan fingerprint density at radius 1 is 1.33 bits per heavy atom. The molecule has 1 fully saturated rings. The number of nitriles is 1. The second-order valence-electron chi connectivity index (χ2n) is 6.25. The lowest BCUT2D eigenvalue weighted by Crippen LogP contribution is -2.33. The van der Waals surface area contributed by atoms with Crippen LogP contribution < -0.4 is 5.32 Å². The Hall–Kier alpha value is -3.11. The number of carbonyl (C=O) groups is 1. The van der Waals surface area contributed by atoms with Crippen molar-refractivity contribution in [3.05, 3.63) is 56.8 Å². The molecule has 0 radical (unpaired) electrons. The number of nitrogens with one attached hydrogen (secondary N) is 1. The van der Waals surface area contributed by atoms with Crippen molar-refractivity contribution >= 4 is 29.3 Å². The molecule has 0 saturated heterocycles. The van der Waals surface area contributed by atoms with Gasteiger partial charge in [-0.2, -0.15) is 5.26 Å². The minimum Gasteiger partial charge on any atom is -0.457 e. The molecule has 1 aromatic heterocycles. The van der Waals surface area contributed by atoms with E-state index >= 15 is 0 Å². The Balaban J connectivity index is 1.81. The third-order valence-corrected chi connectivity index (χ3v) is 4.72. The van der Waals surface area contributed by atoms with E-state index in [9.17, 15) is 20.2 Å². The van der Waals surface area contributed by atoms with E-state index in [1.807, 2.05) is 6.07 Å². The number of benzene rings is 1. The standard InChI is InChI=1S/C19H16ClN3O4/c20-16-7-5-12(10-17(16)23(25)26)18-8-6-15(27-18)9-13(11-21)19(24)22-14-3-1-2-4-14/h5-10,14H,1-4H2,(H,22,24)/b13-9+. The van der Waals surface area contributed by atoms with Crippen LogP contribution in [0.1, 0.15) is 31.4 Å². The molecule has 3 rings (SSSR count). The van der Waals surface area contributed by atoms with Crippen LogP contribution in [-0.2, 0) is 4.79 Å². The van der Waals surface area contributed by atoms with Crippen molar-refractivity contribution in [1.82, 2.24) is 5.32 Å². The molecule has 138 valence electrons. The molecular weight excluding hydrogens is 370 g/mol. The van der Waals surface area contributed by atoms with Gasteiger partial charge in [0.2, 0.25) is 0 Å². The SMILES string of the molecule is N#C/C(=C\c1ccc(-c2ccc(Cl)c([N+](=O)[O-])c2)o1)C(=O)NC1CCCC1. The van der Waals surface area contributed by atoms with Gasteiger partial charge in [0.15, 0.2) is 0 Å². The number of nitro benzene ring substituents is 1. The summed E-state index contributed by atoms with van der Waals surface area (Å²) >= 11 is 5.81. The Morgan fingerprint density at radius 2 is 2.07 bits per heavy atom. The predicted molar refractivity (Wildman–Crippen MR) is 99.8 cm³/mol. The quantitative estimate of drug-likeness (QED) is 0.353. The average Bonchev–Trinajstić information content (AvgIpc) is 3.31. The molecule has 1 heterocycles. The molecule has 0 bridgehead atoms. The Kier molecular flexibility index (Phi) is 5.57. The summed E-state index contributed by atoms with van der Waals surface area (Å²) in [6.07, 6.45) is 5.35.